The molecule has 0 saturated heterocycles. The van der Waals surface area contributed by atoms with E-state index in [4.69, 9.17) is 0 Å². The predicted molar refractivity (Wildman–Crippen MR) is 271 cm³/mol. The molecule has 0 radical (unpaired) electrons. The summed E-state index contributed by atoms with van der Waals surface area (Å²) >= 11 is 0. The van der Waals surface area contributed by atoms with Gasteiger partial charge in [-0.3, -0.25) is 0 Å². The molecular weight excluding hydrogens is 791 g/mol. The molecule has 5 nitrogen and oxygen atoms in total. The van der Waals surface area contributed by atoms with Gasteiger partial charge in [0.1, 0.15) is 0 Å². The van der Waals surface area contributed by atoms with Crippen LogP contribution in [0.3, 0.4) is 0 Å². The Morgan fingerprint density at radius 2 is 0.862 bits per heavy atom. The van der Waals surface area contributed by atoms with Gasteiger partial charge >= 0.3 is 0 Å². The molecule has 1 aliphatic carbocycles. The van der Waals surface area contributed by atoms with Crippen molar-refractivity contribution in [2.24, 2.45) is 0 Å². The number of nitrogens with zero attached hydrogens (tertiary/aromatic N) is 5. The van der Waals surface area contributed by atoms with Crippen molar-refractivity contribution in [3.05, 3.63) is 242 Å². The Hall–Kier alpha value is -8.54. The maximum absolute atomic E-state index is 2.53. The van der Waals surface area contributed by atoms with E-state index < -0.39 is 0 Å². The second kappa shape index (κ2) is 14.0. The molecule has 0 spiro atoms. The van der Waals surface area contributed by atoms with Gasteiger partial charge in [0.2, 0.25) is 0 Å². The van der Waals surface area contributed by atoms with E-state index in [9.17, 15) is 0 Å². The fourth-order valence-electron chi connectivity index (χ4n) is 11.2. The van der Waals surface area contributed by atoms with Gasteiger partial charge in [0, 0.05) is 61.6 Å². The van der Waals surface area contributed by atoms with Gasteiger partial charge in [0.25, 0.3) is 0 Å². The van der Waals surface area contributed by atoms with E-state index >= 15 is 0 Å². The zero-order valence-corrected chi connectivity index (χ0v) is 35.4. The highest BCUT2D eigenvalue weighted by atomic mass is 15.3. The van der Waals surface area contributed by atoms with E-state index in [2.05, 4.69) is 260 Å². The van der Waals surface area contributed by atoms with Crippen molar-refractivity contribution < 1.29 is 0 Å². The molecule has 0 saturated carbocycles. The summed E-state index contributed by atoms with van der Waals surface area (Å²) in [6.07, 6.45) is 9.14. The lowest BCUT2D eigenvalue weighted by atomic mass is 9.91. The predicted octanol–water partition coefficient (Wildman–Crippen LogP) is 15.9. The van der Waals surface area contributed by atoms with Crippen LogP contribution in [0.1, 0.15) is 11.5 Å². The van der Waals surface area contributed by atoms with Crippen LogP contribution in [0, 0.1) is 0 Å². The highest BCUT2D eigenvalue weighted by Crippen LogP contribution is 2.55. The highest BCUT2D eigenvalue weighted by Gasteiger charge is 2.38. The average Bonchev–Trinajstić information content (AvgIpc) is 4.02. The fraction of sp³-hybridized carbons (Fsp3) is 0.0333. The molecule has 306 valence electrons. The lowest BCUT2D eigenvalue weighted by Crippen LogP contribution is -2.28. The van der Waals surface area contributed by atoms with E-state index in [1.54, 1.807) is 0 Å². The Bertz CT molecular complexity index is 3750. The van der Waals surface area contributed by atoms with Crippen molar-refractivity contribution >= 4 is 89.1 Å². The number of anilines is 8. The average molecular weight is 832 g/mol. The summed E-state index contributed by atoms with van der Waals surface area (Å²) in [6.45, 7) is 0. The monoisotopic (exact) mass is 831 g/mol. The number of aromatic nitrogens is 2. The molecule has 2 unspecified atom stereocenters. The lowest BCUT2D eigenvalue weighted by Gasteiger charge is -2.40. The van der Waals surface area contributed by atoms with Crippen molar-refractivity contribution in [1.82, 2.24) is 9.13 Å². The third kappa shape index (κ3) is 5.21. The minimum absolute atomic E-state index is 0.221. The molecule has 0 bridgehead atoms. The molecule has 0 N–H and O–H groups in total. The van der Waals surface area contributed by atoms with Crippen molar-refractivity contribution in [3.63, 3.8) is 0 Å². The van der Waals surface area contributed by atoms with Crippen LogP contribution in [-0.4, -0.2) is 15.2 Å². The molecule has 14 rings (SSSR count). The van der Waals surface area contributed by atoms with Gasteiger partial charge in [-0.2, -0.15) is 0 Å². The van der Waals surface area contributed by atoms with Gasteiger partial charge in [0.05, 0.1) is 50.9 Å². The first-order valence-electron chi connectivity index (χ1n) is 22.5. The number of hydrogen-bond donors (Lipinski definition) is 0. The summed E-state index contributed by atoms with van der Waals surface area (Å²) in [6, 6.07) is 78.0. The Balaban J connectivity index is 1.02. The van der Waals surface area contributed by atoms with Crippen molar-refractivity contribution in [1.29, 1.82) is 0 Å². The van der Waals surface area contributed by atoms with Gasteiger partial charge in [-0.15, -0.1) is 0 Å². The summed E-state index contributed by atoms with van der Waals surface area (Å²) in [5.74, 6) is 0.245. The molecular formula is C60H41N5. The first-order valence-corrected chi connectivity index (χ1v) is 22.5. The number of hydrogen-bond acceptors (Lipinski definition) is 3. The Morgan fingerprint density at radius 1 is 0.323 bits per heavy atom. The van der Waals surface area contributed by atoms with Crippen LogP contribution in [0.5, 0.6) is 0 Å². The summed E-state index contributed by atoms with van der Waals surface area (Å²) in [5, 5.41) is 4.96. The van der Waals surface area contributed by atoms with Crippen LogP contribution in [0.25, 0.3) is 55.0 Å². The molecule has 0 amide bonds. The summed E-state index contributed by atoms with van der Waals surface area (Å²) in [5.41, 5.74) is 17.6. The number of fused-ring (bicyclic) bond motifs is 12. The molecule has 11 aromatic rings. The normalized spacial score (nSPS) is 16.1. The van der Waals surface area contributed by atoms with E-state index in [0.29, 0.717) is 0 Å². The van der Waals surface area contributed by atoms with Crippen LogP contribution in [-0.2, 0) is 0 Å². The summed E-state index contributed by atoms with van der Waals surface area (Å²) in [4.78, 5) is 7.34. The number of para-hydroxylation sites is 7. The van der Waals surface area contributed by atoms with Gasteiger partial charge in [-0.05, 0) is 109 Å². The molecule has 0 fully saturated rings. The van der Waals surface area contributed by atoms with Gasteiger partial charge in [-0.25, -0.2) is 0 Å². The van der Waals surface area contributed by atoms with E-state index in [0.717, 1.165) is 39.8 Å². The molecule has 2 atom stereocenters. The topological polar surface area (TPSA) is 19.6 Å². The molecule has 2 aromatic heterocycles. The van der Waals surface area contributed by atoms with Crippen LogP contribution >= 0.6 is 0 Å². The molecule has 9 aromatic carbocycles. The van der Waals surface area contributed by atoms with Crippen molar-refractivity contribution in [2.75, 3.05) is 14.7 Å². The first kappa shape index (κ1) is 36.0. The minimum atomic E-state index is 0.221. The third-order valence-corrected chi connectivity index (χ3v) is 13.9. The second-order valence-electron chi connectivity index (χ2n) is 17.3. The maximum atomic E-state index is 2.53. The van der Waals surface area contributed by atoms with Gasteiger partial charge < -0.3 is 23.8 Å². The number of allylic oxidation sites excluding steroid dienone is 2. The number of rotatable bonds is 5. The van der Waals surface area contributed by atoms with Crippen LogP contribution in [0.4, 0.5) is 45.5 Å². The van der Waals surface area contributed by atoms with E-state index in [-0.39, 0.29) is 12.0 Å². The van der Waals surface area contributed by atoms with E-state index in [1.165, 1.54) is 66.2 Å². The number of benzene rings is 9. The lowest BCUT2D eigenvalue weighted by molar-refractivity contribution is 0.744. The Kier molecular flexibility index (Phi) is 7.74. The molecule has 65 heavy (non-hydrogen) atoms. The highest BCUT2D eigenvalue weighted by molar-refractivity contribution is 6.26. The summed E-state index contributed by atoms with van der Waals surface area (Å²) in [7, 11) is 0. The first-order chi connectivity index (χ1) is 32.3. The van der Waals surface area contributed by atoms with Gasteiger partial charge in [-0.1, -0.05) is 133 Å². The van der Waals surface area contributed by atoms with Crippen molar-refractivity contribution in [2.45, 2.75) is 12.0 Å². The molecule has 3 aliphatic rings. The Labute approximate surface area is 376 Å². The zero-order valence-electron chi connectivity index (χ0n) is 35.4. The third-order valence-electron chi connectivity index (χ3n) is 13.9. The maximum Gasteiger partial charge on any atom is 0.0724 e. The van der Waals surface area contributed by atoms with Crippen LogP contribution < -0.4 is 14.7 Å². The molecule has 5 heteroatoms. The van der Waals surface area contributed by atoms with Crippen molar-refractivity contribution in [3.8, 4) is 11.4 Å². The zero-order chi connectivity index (χ0) is 42.6. The second-order valence-corrected chi connectivity index (χ2v) is 17.3. The SMILES string of the molecule is C1=CC2c3cc(-n4c5ccccc5c5ccc6c(c7ccccc7n6-c6ccc7c(c6)N(c6ccccc6)c6ccccc6N7c6ccccc6)c54)ccc3N(c3ccccc3)C2C=C1. The summed E-state index contributed by atoms with van der Waals surface area (Å²) < 4.78 is 5.01. The largest absolute Gasteiger partial charge is 0.333 e. The van der Waals surface area contributed by atoms with E-state index in [1.807, 2.05) is 0 Å². The standard InChI is InChI=1S/C60H41N5/c1-4-18-40(19-5-1)61-50-27-13-11-25-46(50)49-38-43(32-35-53(49)61)65-51-28-14-10-24-45(51)47-34-37-57-59(60(47)65)48-26-12-15-29-52(48)64(57)44-33-36-56-58(39-44)63(42-22-8-3-9-23-42)55-31-17-16-30-54(55)62(56)41-20-6-2-7-21-41/h1-39,46,50H. The van der Waals surface area contributed by atoms with Gasteiger partial charge in [0.15, 0.2) is 0 Å². The fourth-order valence-corrected chi connectivity index (χ4v) is 11.2. The van der Waals surface area contributed by atoms with Crippen LogP contribution in [0.15, 0.2) is 237 Å². The smallest absolute Gasteiger partial charge is 0.0724 e. The minimum Gasteiger partial charge on any atom is -0.333 e. The molecule has 2 aliphatic heterocycles. The Morgan fingerprint density at radius 3 is 1.57 bits per heavy atom. The molecule has 4 heterocycles. The van der Waals surface area contributed by atoms with Crippen LogP contribution in [0.2, 0.25) is 0 Å². The quantitative estimate of drug-likeness (QED) is 0.172.